The monoisotopic (exact) mass is 280 g/mol. The van der Waals surface area contributed by atoms with E-state index >= 15 is 0 Å². The minimum Gasteiger partial charge on any atom is -0.465 e. The average molecular weight is 280 g/mol. The van der Waals surface area contributed by atoms with E-state index in [2.05, 4.69) is 4.72 Å². The first-order valence-electron chi connectivity index (χ1n) is 5.92. The minimum atomic E-state index is -3.64. The molecule has 0 saturated heterocycles. The van der Waals surface area contributed by atoms with Gasteiger partial charge in [0.25, 0.3) is 10.2 Å². The van der Waals surface area contributed by atoms with Gasteiger partial charge in [-0.1, -0.05) is 0 Å². The third-order valence-corrected chi connectivity index (χ3v) is 4.06. The lowest BCUT2D eigenvalue weighted by atomic mass is 10.6. The van der Waals surface area contributed by atoms with Crippen LogP contribution < -0.4 is 4.72 Å². The zero-order valence-corrected chi connectivity index (χ0v) is 11.5. The van der Waals surface area contributed by atoms with Crippen molar-refractivity contribution in [2.45, 2.75) is 25.8 Å². The lowest BCUT2D eigenvalue weighted by Crippen LogP contribution is -2.45. The van der Waals surface area contributed by atoms with Crippen molar-refractivity contribution < 1.29 is 22.7 Å². The Kier molecular flexibility index (Phi) is 6.00. The number of carbonyl (C=O) groups is 1. The summed E-state index contributed by atoms with van der Waals surface area (Å²) in [5, 5.41) is 0. The van der Waals surface area contributed by atoms with Crippen LogP contribution in [0.15, 0.2) is 0 Å². The molecule has 1 rings (SSSR count). The van der Waals surface area contributed by atoms with E-state index in [0.29, 0.717) is 0 Å². The molecule has 106 valence electrons. The summed E-state index contributed by atoms with van der Waals surface area (Å²) >= 11 is 0. The van der Waals surface area contributed by atoms with Gasteiger partial charge in [-0.05, 0) is 19.8 Å². The topological polar surface area (TPSA) is 84.9 Å². The fraction of sp³-hybridized carbons (Fsp3) is 0.900. The Hall–Kier alpha value is -0.700. The number of nitrogens with zero attached hydrogens (tertiary/aromatic N) is 1. The average Bonchev–Trinajstić information content (AvgIpc) is 3.10. The summed E-state index contributed by atoms with van der Waals surface area (Å²) in [6, 6.07) is -0.0885. The summed E-state index contributed by atoms with van der Waals surface area (Å²) in [6.07, 6.45) is 1.56. The highest BCUT2D eigenvalue weighted by Crippen LogP contribution is 2.28. The van der Waals surface area contributed by atoms with Crippen molar-refractivity contribution in [1.82, 2.24) is 9.03 Å². The molecule has 0 bridgehead atoms. The SMILES string of the molecule is CCOC(=O)CN(C1CC1)S(=O)(=O)NCCOC. The molecule has 0 unspecified atom stereocenters. The van der Waals surface area contributed by atoms with E-state index in [1.54, 1.807) is 6.92 Å². The zero-order chi connectivity index (χ0) is 13.6. The van der Waals surface area contributed by atoms with Gasteiger partial charge in [-0.2, -0.15) is 17.4 Å². The molecule has 1 N–H and O–H groups in total. The molecule has 0 aromatic heterocycles. The third kappa shape index (κ3) is 4.89. The number of methoxy groups -OCH3 is 1. The van der Waals surface area contributed by atoms with Gasteiger partial charge in [-0.25, -0.2) is 0 Å². The van der Waals surface area contributed by atoms with Crippen LogP contribution in [-0.2, 0) is 24.5 Å². The van der Waals surface area contributed by atoms with Crippen molar-refractivity contribution in [2.75, 3.05) is 33.4 Å². The van der Waals surface area contributed by atoms with E-state index in [1.165, 1.54) is 11.4 Å². The minimum absolute atomic E-state index is 0.0885. The molecule has 0 aromatic rings. The fourth-order valence-electron chi connectivity index (χ4n) is 1.46. The molecule has 1 aliphatic rings. The van der Waals surface area contributed by atoms with Crippen LogP contribution in [0.2, 0.25) is 0 Å². The smallest absolute Gasteiger partial charge is 0.321 e. The second-order valence-electron chi connectivity index (χ2n) is 3.97. The quantitative estimate of drug-likeness (QED) is 0.454. The molecule has 0 heterocycles. The first kappa shape index (κ1) is 15.4. The molecule has 1 fully saturated rings. The predicted octanol–water partition coefficient (Wildman–Crippen LogP) is -0.505. The zero-order valence-electron chi connectivity index (χ0n) is 10.7. The van der Waals surface area contributed by atoms with E-state index in [1.807, 2.05) is 0 Å². The van der Waals surface area contributed by atoms with E-state index in [-0.39, 0.29) is 32.3 Å². The lowest BCUT2D eigenvalue weighted by Gasteiger charge is -2.21. The summed E-state index contributed by atoms with van der Waals surface area (Å²) in [5.41, 5.74) is 0. The van der Waals surface area contributed by atoms with Crippen LogP contribution in [0.3, 0.4) is 0 Å². The van der Waals surface area contributed by atoms with Gasteiger partial charge in [0.05, 0.1) is 13.2 Å². The summed E-state index contributed by atoms with van der Waals surface area (Å²) in [4.78, 5) is 11.4. The molecular formula is C10H20N2O5S. The van der Waals surface area contributed by atoms with Crippen molar-refractivity contribution in [2.24, 2.45) is 0 Å². The Morgan fingerprint density at radius 1 is 1.44 bits per heavy atom. The molecule has 7 nitrogen and oxygen atoms in total. The number of rotatable bonds is 9. The van der Waals surface area contributed by atoms with Crippen LogP contribution in [0, 0.1) is 0 Å². The first-order chi connectivity index (χ1) is 8.51. The van der Waals surface area contributed by atoms with Crippen molar-refractivity contribution in [3.63, 3.8) is 0 Å². The van der Waals surface area contributed by atoms with Crippen molar-refractivity contribution in [3.05, 3.63) is 0 Å². The number of ether oxygens (including phenoxy) is 2. The normalized spacial score (nSPS) is 15.9. The number of hydrogen-bond acceptors (Lipinski definition) is 5. The summed E-state index contributed by atoms with van der Waals surface area (Å²) < 4.78 is 37.1. The largest absolute Gasteiger partial charge is 0.465 e. The van der Waals surface area contributed by atoms with Crippen LogP contribution in [0.4, 0.5) is 0 Å². The fourth-order valence-corrected chi connectivity index (χ4v) is 2.85. The van der Waals surface area contributed by atoms with Crippen LogP contribution in [0.5, 0.6) is 0 Å². The Bertz CT molecular complexity index is 366. The molecule has 18 heavy (non-hydrogen) atoms. The number of hydrogen-bond donors (Lipinski definition) is 1. The van der Waals surface area contributed by atoms with Gasteiger partial charge in [0.15, 0.2) is 0 Å². The lowest BCUT2D eigenvalue weighted by molar-refractivity contribution is -0.143. The number of esters is 1. The first-order valence-corrected chi connectivity index (χ1v) is 7.36. The van der Waals surface area contributed by atoms with Gasteiger partial charge in [0.2, 0.25) is 0 Å². The van der Waals surface area contributed by atoms with Gasteiger partial charge in [-0.3, -0.25) is 4.79 Å². The van der Waals surface area contributed by atoms with Gasteiger partial charge in [-0.15, -0.1) is 0 Å². The Labute approximate surface area is 108 Å². The number of carbonyl (C=O) groups excluding carboxylic acids is 1. The Balaban J connectivity index is 2.57. The van der Waals surface area contributed by atoms with E-state index in [0.717, 1.165) is 12.8 Å². The molecule has 8 heteroatoms. The standard InChI is InChI=1S/C10H20N2O5S/c1-3-17-10(13)8-12(9-4-5-9)18(14,15)11-6-7-16-2/h9,11H,3-8H2,1-2H3. The molecule has 1 saturated carbocycles. The highest BCUT2D eigenvalue weighted by Gasteiger charge is 2.38. The van der Waals surface area contributed by atoms with Gasteiger partial charge >= 0.3 is 5.97 Å². The maximum Gasteiger partial charge on any atom is 0.321 e. The summed E-state index contributed by atoms with van der Waals surface area (Å²) in [5.74, 6) is -0.526. The van der Waals surface area contributed by atoms with Crippen LogP contribution >= 0.6 is 0 Å². The second-order valence-corrected chi connectivity index (χ2v) is 5.68. The molecule has 0 atom stereocenters. The molecular weight excluding hydrogens is 260 g/mol. The van der Waals surface area contributed by atoms with Gasteiger partial charge in [0.1, 0.15) is 6.54 Å². The summed E-state index contributed by atoms with van der Waals surface area (Å²) in [6.45, 7) is 2.17. The van der Waals surface area contributed by atoms with Crippen molar-refractivity contribution in [1.29, 1.82) is 0 Å². The van der Waals surface area contributed by atoms with Crippen LogP contribution in [-0.4, -0.2) is 58.1 Å². The second kappa shape index (κ2) is 7.03. The molecule has 1 aliphatic carbocycles. The third-order valence-electron chi connectivity index (χ3n) is 2.44. The Morgan fingerprint density at radius 2 is 2.11 bits per heavy atom. The van der Waals surface area contributed by atoms with Crippen LogP contribution in [0.25, 0.3) is 0 Å². The van der Waals surface area contributed by atoms with E-state index in [4.69, 9.17) is 9.47 Å². The molecule has 0 radical (unpaired) electrons. The maximum absolute atomic E-state index is 12.0. The highest BCUT2D eigenvalue weighted by molar-refractivity contribution is 7.87. The van der Waals surface area contributed by atoms with E-state index in [9.17, 15) is 13.2 Å². The molecule has 0 aliphatic heterocycles. The molecule has 0 spiro atoms. The van der Waals surface area contributed by atoms with Crippen molar-refractivity contribution in [3.8, 4) is 0 Å². The van der Waals surface area contributed by atoms with Crippen molar-refractivity contribution >= 4 is 16.2 Å². The predicted molar refractivity (Wildman–Crippen MR) is 65.2 cm³/mol. The molecule has 0 aromatic carbocycles. The van der Waals surface area contributed by atoms with Gasteiger partial charge < -0.3 is 9.47 Å². The summed E-state index contributed by atoms with van der Waals surface area (Å²) in [7, 11) is -2.15. The maximum atomic E-state index is 12.0. The number of nitrogens with one attached hydrogen (secondary N) is 1. The Morgan fingerprint density at radius 3 is 2.61 bits per heavy atom. The van der Waals surface area contributed by atoms with Crippen LogP contribution in [0.1, 0.15) is 19.8 Å². The van der Waals surface area contributed by atoms with E-state index < -0.39 is 16.2 Å². The van der Waals surface area contributed by atoms with Gasteiger partial charge in [0, 0.05) is 19.7 Å². The highest BCUT2D eigenvalue weighted by atomic mass is 32.2. The molecule has 0 amide bonds.